The molecule has 1 aliphatic heterocycles. The minimum absolute atomic E-state index is 0.430. The lowest BCUT2D eigenvalue weighted by Crippen LogP contribution is -2.31. The molecule has 0 radical (unpaired) electrons. The SMILES string of the molecule is COc1nsnc1-c1nsnc1C1CCCN(C)C1. The van der Waals surface area contributed by atoms with Crippen LogP contribution in [0.15, 0.2) is 0 Å². The Balaban J connectivity index is 1.94. The van der Waals surface area contributed by atoms with Crippen molar-refractivity contribution in [2.75, 3.05) is 27.2 Å². The highest BCUT2D eigenvalue weighted by Gasteiger charge is 2.27. The van der Waals surface area contributed by atoms with Gasteiger partial charge in [0.2, 0.25) is 0 Å². The van der Waals surface area contributed by atoms with Crippen LogP contribution < -0.4 is 4.74 Å². The summed E-state index contributed by atoms with van der Waals surface area (Å²) in [7, 11) is 3.75. The minimum atomic E-state index is 0.430. The monoisotopic (exact) mass is 297 g/mol. The minimum Gasteiger partial charge on any atom is -0.479 e. The average Bonchev–Trinajstić information content (AvgIpc) is 3.06. The number of hydrogen-bond acceptors (Lipinski definition) is 8. The maximum atomic E-state index is 5.24. The molecule has 0 aliphatic carbocycles. The van der Waals surface area contributed by atoms with Crippen molar-refractivity contribution >= 4 is 23.5 Å². The zero-order chi connectivity index (χ0) is 13.2. The van der Waals surface area contributed by atoms with Crippen molar-refractivity contribution in [2.24, 2.45) is 0 Å². The van der Waals surface area contributed by atoms with Crippen LogP contribution in [-0.2, 0) is 0 Å². The summed E-state index contributed by atoms with van der Waals surface area (Å²) in [5.41, 5.74) is 2.61. The lowest BCUT2D eigenvalue weighted by atomic mass is 9.93. The highest BCUT2D eigenvalue weighted by molar-refractivity contribution is 7.00. The van der Waals surface area contributed by atoms with E-state index in [2.05, 4.69) is 29.4 Å². The molecule has 0 aromatic carbocycles. The van der Waals surface area contributed by atoms with E-state index in [9.17, 15) is 0 Å². The molecule has 0 spiro atoms. The molecule has 1 saturated heterocycles. The summed E-state index contributed by atoms with van der Waals surface area (Å²) in [5, 5.41) is 0. The molecule has 3 heterocycles. The Labute approximate surface area is 120 Å². The number of methoxy groups -OCH3 is 1. The van der Waals surface area contributed by atoms with Crippen LogP contribution >= 0.6 is 23.5 Å². The number of hydrogen-bond donors (Lipinski definition) is 0. The van der Waals surface area contributed by atoms with Crippen LogP contribution in [-0.4, -0.2) is 49.6 Å². The smallest absolute Gasteiger partial charge is 0.255 e. The van der Waals surface area contributed by atoms with Gasteiger partial charge in [0.25, 0.3) is 5.88 Å². The summed E-state index contributed by atoms with van der Waals surface area (Å²) in [4.78, 5) is 2.34. The van der Waals surface area contributed by atoms with Crippen molar-refractivity contribution in [1.29, 1.82) is 0 Å². The summed E-state index contributed by atoms with van der Waals surface area (Å²) in [6, 6.07) is 0. The molecule has 19 heavy (non-hydrogen) atoms. The normalized spacial score (nSPS) is 20.6. The summed E-state index contributed by atoms with van der Waals surface area (Å²) in [6.07, 6.45) is 2.35. The maximum Gasteiger partial charge on any atom is 0.255 e. The number of nitrogens with zero attached hydrogens (tertiary/aromatic N) is 5. The first kappa shape index (κ1) is 12.9. The topological polar surface area (TPSA) is 64.0 Å². The van der Waals surface area contributed by atoms with Crippen LogP contribution in [0.4, 0.5) is 0 Å². The van der Waals surface area contributed by atoms with Gasteiger partial charge in [-0.25, -0.2) is 0 Å². The Bertz CT molecular complexity index is 555. The molecule has 0 bridgehead atoms. The Morgan fingerprint density at radius 1 is 1.16 bits per heavy atom. The molecule has 1 aliphatic rings. The van der Waals surface area contributed by atoms with Crippen LogP contribution in [0.2, 0.25) is 0 Å². The van der Waals surface area contributed by atoms with E-state index in [1.165, 1.54) is 18.1 Å². The van der Waals surface area contributed by atoms with Crippen LogP contribution in [0.3, 0.4) is 0 Å². The maximum absolute atomic E-state index is 5.24. The third-order valence-corrected chi connectivity index (χ3v) is 4.46. The van der Waals surface area contributed by atoms with E-state index in [-0.39, 0.29) is 0 Å². The Morgan fingerprint density at radius 3 is 2.74 bits per heavy atom. The van der Waals surface area contributed by atoms with E-state index >= 15 is 0 Å². The molecule has 3 rings (SSSR count). The van der Waals surface area contributed by atoms with Gasteiger partial charge < -0.3 is 9.64 Å². The van der Waals surface area contributed by atoms with Gasteiger partial charge in [-0.15, -0.1) is 4.37 Å². The van der Waals surface area contributed by atoms with E-state index in [1.54, 1.807) is 7.11 Å². The third-order valence-electron chi connectivity index (χ3n) is 3.40. The van der Waals surface area contributed by atoms with Gasteiger partial charge in [0.1, 0.15) is 5.69 Å². The molecule has 2 aromatic rings. The van der Waals surface area contributed by atoms with Crippen LogP contribution in [0.25, 0.3) is 11.4 Å². The van der Waals surface area contributed by atoms with Crippen molar-refractivity contribution in [3.8, 4) is 17.3 Å². The molecule has 0 saturated carbocycles. The Morgan fingerprint density at radius 2 is 1.95 bits per heavy atom. The second kappa shape index (κ2) is 5.48. The average molecular weight is 297 g/mol. The van der Waals surface area contributed by atoms with Gasteiger partial charge in [-0.05, 0) is 26.4 Å². The first-order valence-corrected chi connectivity index (χ1v) is 7.63. The molecule has 1 fully saturated rings. The summed E-state index contributed by atoms with van der Waals surface area (Å²) < 4.78 is 22.6. The van der Waals surface area contributed by atoms with Crippen molar-refractivity contribution in [2.45, 2.75) is 18.8 Å². The summed E-state index contributed by atoms with van der Waals surface area (Å²) in [6.45, 7) is 2.18. The molecule has 0 amide bonds. The zero-order valence-electron chi connectivity index (χ0n) is 10.9. The van der Waals surface area contributed by atoms with Gasteiger partial charge in [-0.3, -0.25) is 0 Å². The van der Waals surface area contributed by atoms with E-state index in [4.69, 9.17) is 4.74 Å². The van der Waals surface area contributed by atoms with Gasteiger partial charge in [-0.2, -0.15) is 13.1 Å². The molecular weight excluding hydrogens is 282 g/mol. The number of ether oxygens (including phenoxy) is 1. The third kappa shape index (κ3) is 2.47. The standard InChI is InChI=1S/C11H15N5OS2/c1-16-5-3-4-7(6-16)8-9(13-18-12-8)10-11(17-2)15-19-14-10/h7H,3-6H2,1-2H3. The molecule has 1 unspecified atom stereocenters. The van der Waals surface area contributed by atoms with E-state index in [0.29, 0.717) is 11.8 Å². The van der Waals surface area contributed by atoms with Gasteiger partial charge in [-0.1, -0.05) is 0 Å². The number of likely N-dealkylation sites (N-methyl/N-ethyl adjacent to an activating group) is 1. The van der Waals surface area contributed by atoms with E-state index in [0.717, 1.165) is 48.3 Å². The van der Waals surface area contributed by atoms with Gasteiger partial charge >= 0.3 is 0 Å². The molecule has 1 atom stereocenters. The van der Waals surface area contributed by atoms with Gasteiger partial charge in [0.05, 0.1) is 36.3 Å². The molecule has 0 N–H and O–H groups in total. The molecule has 2 aromatic heterocycles. The largest absolute Gasteiger partial charge is 0.479 e. The van der Waals surface area contributed by atoms with Crippen LogP contribution in [0, 0.1) is 0 Å². The highest BCUT2D eigenvalue weighted by Crippen LogP contribution is 2.35. The van der Waals surface area contributed by atoms with Gasteiger partial charge in [0.15, 0.2) is 5.69 Å². The van der Waals surface area contributed by atoms with E-state index in [1.807, 2.05) is 0 Å². The molecule has 8 heteroatoms. The molecular formula is C11H15N5OS2. The van der Waals surface area contributed by atoms with Crippen molar-refractivity contribution in [3.05, 3.63) is 5.69 Å². The predicted molar refractivity (Wildman–Crippen MR) is 74.8 cm³/mol. The Hall–Kier alpha value is -1.12. The van der Waals surface area contributed by atoms with Gasteiger partial charge in [0, 0.05) is 12.5 Å². The fraction of sp³-hybridized carbons (Fsp3) is 0.636. The first-order valence-electron chi connectivity index (χ1n) is 6.17. The lowest BCUT2D eigenvalue weighted by molar-refractivity contribution is 0.249. The molecule has 102 valence electrons. The number of piperidine rings is 1. The fourth-order valence-corrected chi connectivity index (χ4v) is 3.62. The zero-order valence-corrected chi connectivity index (χ0v) is 12.5. The quantitative estimate of drug-likeness (QED) is 0.862. The Kier molecular flexibility index (Phi) is 3.72. The highest BCUT2D eigenvalue weighted by atomic mass is 32.1. The second-order valence-corrected chi connectivity index (χ2v) is 5.78. The van der Waals surface area contributed by atoms with Crippen molar-refractivity contribution < 1.29 is 4.74 Å². The number of likely N-dealkylation sites (tertiary alicyclic amines) is 1. The summed E-state index contributed by atoms with van der Waals surface area (Å²) >= 11 is 2.39. The van der Waals surface area contributed by atoms with Crippen LogP contribution in [0.5, 0.6) is 5.88 Å². The van der Waals surface area contributed by atoms with Crippen molar-refractivity contribution in [3.63, 3.8) is 0 Å². The van der Waals surface area contributed by atoms with Crippen molar-refractivity contribution in [1.82, 2.24) is 22.4 Å². The first-order chi connectivity index (χ1) is 9.29. The van der Waals surface area contributed by atoms with E-state index < -0.39 is 0 Å². The molecule has 6 nitrogen and oxygen atoms in total. The fourth-order valence-electron chi connectivity index (χ4n) is 2.48. The summed E-state index contributed by atoms with van der Waals surface area (Å²) in [5.74, 6) is 0.974. The number of rotatable bonds is 3. The second-order valence-electron chi connectivity index (χ2n) is 4.72. The number of aromatic nitrogens is 4. The predicted octanol–water partition coefficient (Wildman–Crippen LogP) is 1.87. The lowest BCUT2D eigenvalue weighted by Gasteiger charge is -2.28. The van der Waals surface area contributed by atoms with Crippen LogP contribution in [0.1, 0.15) is 24.5 Å².